The van der Waals surface area contributed by atoms with Gasteiger partial charge in [-0.25, -0.2) is 0 Å². The summed E-state index contributed by atoms with van der Waals surface area (Å²) in [5, 5.41) is 13.2. The van der Waals surface area contributed by atoms with Crippen LogP contribution in [0.3, 0.4) is 0 Å². The summed E-state index contributed by atoms with van der Waals surface area (Å²) in [5.41, 5.74) is 1.36. The summed E-state index contributed by atoms with van der Waals surface area (Å²) in [6.45, 7) is 3.51. The maximum atomic E-state index is 11.8. The largest absolute Gasteiger partial charge is 0.480 e. The molecule has 1 aromatic heterocycles. The van der Waals surface area contributed by atoms with Gasteiger partial charge in [-0.15, -0.1) is 0 Å². The minimum Gasteiger partial charge on any atom is -0.480 e. The molecule has 0 aliphatic heterocycles. The van der Waals surface area contributed by atoms with Crippen molar-refractivity contribution in [1.29, 1.82) is 0 Å². The first-order valence-corrected chi connectivity index (χ1v) is 6.12. The van der Waals surface area contributed by atoms with Crippen LogP contribution >= 0.6 is 11.6 Å². The van der Waals surface area contributed by atoms with Crippen LogP contribution in [-0.4, -0.2) is 44.8 Å². The number of carboxylic acid groups (broad SMARTS) is 1. The number of likely N-dealkylation sites (N-methyl/N-ethyl adjacent to an activating group) is 1. The predicted octanol–water partition coefficient (Wildman–Crippen LogP) is 1.33. The topological polar surface area (TPSA) is 75.4 Å². The molecule has 0 saturated carbocycles. The Morgan fingerprint density at radius 2 is 2.16 bits per heavy atom. The lowest BCUT2D eigenvalue weighted by molar-refractivity contribution is -0.142. The van der Waals surface area contributed by atoms with E-state index in [-0.39, 0.29) is 12.5 Å². The molecule has 0 saturated heterocycles. The standard InChI is InChI=1S/C12H16ClN3O3/c1-4-16(7-11(18)19)10(17)6-5-9-8(2)14-15(3)12(9)13/h5-6H,4,7H2,1-3H3,(H,18,19)/b6-5+. The molecule has 1 aromatic rings. The maximum Gasteiger partial charge on any atom is 0.323 e. The number of hydrogen-bond acceptors (Lipinski definition) is 3. The lowest BCUT2D eigenvalue weighted by Gasteiger charge is -2.15. The molecular formula is C12H16ClN3O3. The molecule has 0 fully saturated rings. The number of rotatable bonds is 5. The van der Waals surface area contributed by atoms with Gasteiger partial charge in [0.25, 0.3) is 0 Å². The Morgan fingerprint density at radius 1 is 1.53 bits per heavy atom. The van der Waals surface area contributed by atoms with Crippen molar-refractivity contribution in [3.05, 3.63) is 22.5 Å². The highest BCUT2D eigenvalue weighted by molar-refractivity contribution is 6.31. The third kappa shape index (κ3) is 3.82. The Morgan fingerprint density at radius 3 is 2.58 bits per heavy atom. The zero-order valence-electron chi connectivity index (χ0n) is 11.1. The van der Waals surface area contributed by atoms with Gasteiger partial charge in [0.15, 0.2) is 0 Å². The number of aromatic nitrogens is 2. The number of halogens is 1. The van der Waals surface area contributed by atoms with Gasteiger partial charge in [-0.3, -0.25) is 14.3 Å². The third-order valence-corrected chi connectivity index (χ3v) is 3.06. The SMILES string of the molecule is CCN(CC(=O)O)C(=O)/C=C/c1c(C)nn(C)c1Cl. The predicted molar refractivity (Wildman–Crippen MR) is 71.9 cm³/mol. The number of hydrogen-bond donors (Lipinski definition) is 1. The highest BCUT2D eigenvalue weighted by Crippen LogP contribution is 2.20. The van der Waals surface area contributed by atoms with Crippen LogP contribution in [-0.2, 0) is 16.6 Å². The van der Waals surface area contributed by atoms with Gasteiger partial charge in [0.05, 0.1) is 5.69 Å². The van der Waals surface area contributed by atoms with Crippen molar-refractivity contribution in [2.24, 2.45) is 7.05 Å². The number of carboxylic acids is 1. The Balaban J connectivity index is 2.85. The normalized spacial score (nSPS) is 10.9. The van der Waals surface area contributed by atoms with Gasteiger partial charge in [-0.1, -0.05) is 11.6 Å². The number of nitrogens with zero attached hydrogens (tertiary/aromatic N) is 3. The van der Waals surface area contributed by atoms with E-state index in [0.717, 1.165) is 0 Å². The van der Waals surface area contributed by atoms with E-state index < -0.39 is 5.97 Å². The average molecular weight is 286 g/mol. The number of carbonyl (C=O) groups excluding carboxylic acids is 1. The zero-order chi connectivity index (χ0) is 14.6. The number of carbonyl (C=O) groups is 2. The van der Waals surface area contributed by atoms with Crippen molar-refractivity contribution in [2.75, 3.05) is 13.1 Å². The molecule has 0 aliphatic rings. The molecule has 1 rings (SSSR count). The monoisotopic (exact) mass is 285 g/mol. The zero-order valence-corrected chi connectivity index (χ0v) is 11.8. The average Bonchev–Trinajstić information content (AvgIpc) is 2.57. The molecule has 0 spiro atoms. The van der Waals surface area contributed by atoms with Gasteiger partial charge in [-0.2, -0.15) is 5.10 Å². The van der Waals surface area contributed by atoms with Gasteiger partial charge in [0, 0.05) is 25.2 Å². The molecule has 6 nitrogen and oxygen atoms in total. The molecule has 104 valence electrons. The van der Waals surface area contributed by atoms with Crippen molar-refractivity contribution >= 4 is 29.6 Å². The minimum atomic E-state index is -1.04. The highest BCUT2D eigenvalue weighted by Gasteiger charge is 2.13. The van der Waals surface area contributed by atoms with Gasteiger partial charge >= 0.3 is 5.97 Å². The van der Waals surface area contributed by atoms with E-state index in [0.29, 0.717) is 23.0 Å². The van der Waals surface area contributed by atoms with Crippen LogP contribution in [0.25, 0.3) is 6.08 Å². The highest BCUT2D eigenvalue weighted by atomic mass is 35.5. The van der Waals surface area contributed by atoms with Crippen LogP contribution in [0.1, 0.15) is 18.2 Å². The van der Waals surface area contributed by atoms with Crippen molar-refractivity contribution < 1.29 is 14.7 Å². The summed E-state index contributed by atoms with van der Waals surface area (Å²) >= 11 is 6.03. The summed E-state index contributed by atoms with van der Waals surface area (Å²) in [7, 11) is 1.71. The van der Waals surface area contributed by atoms with Crippen molar-refractivity contribution in [3.63, 3.8) is 0 Å². The molecule has 19 heavy (non-hydrogen) atoms. The molecule has 0 atom stereocenters. The Kier molecular flexibility index (Phi) is 5.11. The first-order valence-electron chi connectivity index (χ1n) is 5.74. The van der Waals surface area contributed by atoms with E-state index in [1.165, 1.54) is 15.7 Å². The molecule has 0 aromatic carbocycles. The van der Waals surface area contributed by atoms with E-state index in [4.69, 9.17) is 16.7 Å². The summed E-state index contributed by atoms with van der Waals surface area (Å²) in [6.07, 6.45) is 2.86. The maximum absolute atomic E-state index is 11.8. The molecule has 0 radical (unpaired) electrons. The molecule has 1 amide bonds. The molecule has 0 bridgehead atoms. The van der Waals surface area contributed by atoms with Crippen LogP contribution in [0.4, 0.5) is 0 Å². The van der Waals surface area contributed by atoms with Crippen molar-refractivity contribution in [2.45, 2.75) is 13.8 Å². The molecular weight excluding hydrogens is 270 g/mol. The van der Waals surface area contributed by atoms with Crippen molar-refractivity contribution in [1.82, 2.24) is 14.7 Å². The quantitative estimate of drug-likeness (QED) is 0.828. The van der Waals surface area contributed by atoms with Crippen LogP contribution in [0.15, 0.2) is 6.08 Å². The Labute approximate surface area is 116 Å². The fraction of sp³-hybridized carbons (Fsp3) is 0.417. The Hall–Kier alpha value is -1.82. The fourth-order valence-electron chi connectivity index (χ4n) is 1.60. The summed E-state index contributed by atoms with van der Waals surface area (Å²) in [4.78, 5) is 23.6. The van der Waals surface area contributed by atoms with Gasteiger partial charge in [0.1, 0.15) is 11.7 Å². The van der Waals surface area contributed by atoms with E-state index in [1.54, 1.807) is 27.0 Å². The van der Waals surface area contributed by atoms with Crippen LogP contribution in [0.5, 0.6) is 0 Å². The second-order valence-electron chi connectivity index (χ2n) is 3.99. The number of amides is 1. The van der Waals surface area contributed by atoms with Crippen LogP contribution < -0.4 is 0 Å². The van der Waals surface area contributed by atoms with E-state index >= 15 is 0 Å². The molecule has 7 heteroatoms. The second kappa shape index (κ2) is 6.38. The summed E-state index contributed by atoms with van der Waals surface area (Å²) in [5.74, 6) is -1.41. The van der Waals surface area contributed by atoms with Crippen LogP contribution in [0, 0.1) is 6.92 Å². The van der Waals surface area contributed by atoms with E-state index in [1.807, 2.05) is 0 Å². The lowest BCUT2D eigenvalue weighted by atomic mass is 10.2. The summed E-state index contributed by atoms with van der Waals surface area (Å²) < 4.78 is 1.51. The van der Waals surface area contributed by atoms with Crippen molar-refractivity contribution in [3.8, 4) is 0 Å². The smallest absolute Gasteiger partial charge is 0.323 e. The number of aliphatic carboxylic acids is 1. The lowest BCUT2D eigenvalue weighted by Crippen LogP contribution is -2.34. The van der Waals surface area contributed by atoms with E-state index in [2.05, 4.69) is 5.10 Å². The van der Waals surface area contributed by atoms with E-state index in [9.17, 15) is 9.59 Å². The molecule has 0 unspecified atom stereocenters. The van der Waals surface area contributed by atoms with Gasteiger partial charge in [-0.05, 0) is 19.9 Å². The fourth-order valence-corrected chi connectivity index (χ4v) is 1.84. The van der Waals surface area contributed by atoms with Gasteiger partial charge < -0.3 is 10.0 Å². The van der Waals surface area contributed by atoms with Crippen LogP contribution in [0.2, 0.25) is 5.15 Å². The van der Waals surface area contributed by atoms with Gasteiger partial charge in [0.2, 0.25) is 5.91 Å². The summed E-state index contributed by atoms with van der Waals surface area (Å²) in [6, 6.07) is 0. The number of aryl methyl sites for hydroxylation is 2. The first kappa shape index (κ1) is 15.2. The second-order valence-corrected chi connectivity index (χ2v) is 4.35. The first-order chi connectivity index (χ1) is 8.86. The molecule has 1 heterocycles. The Bertz CT molecular complexity index is 523. The molecule has 0 aliphatic carbocycles. The third-order valence-electron chi connectivity index (χ3n) is 2.61. The minimum absolute atomic E-state index is 0.320. The molecule has 1 N–H and O–H groups in total.